The van der Waals surface area contributed by atoms with Gasteiger partial charge in [-0.2, -0.15) is 10.2 Å². The normalized spacial score (nSPS) is 11.9. The Morgan fingerprint density at radius 1 is 0.515 bits per heavy atom. The van der Waals surface area contributed by atoms with Crippen LogP contribution in [0.15, 0.2) is 182 Å². The zero-order valence-corrected chi connectivity index (χ0v) is 35.5. The summed E-state index contributed by atoms with van der Waals surface area (Å²) < 4.78 is 12.1. The standard InChI is InChI=1S/C27H22N4O2.C27H20N4O2/c2*32-27(19-7-2-1-3-8-19)29-21-10-6-11-22(17-21)33-23-13-14-24-25(30-31-26(24)18-23)15-12-20-9-4-5-16-28-20/h1-12,15-18H,13-14H2,(H,29,32)(H,30,31);1-18H,(H,29,32)(H,30,31)/b2*15-12+. The Labute approximate surface area is 380 Å². The number of carbonyl (C=O) groups is 2. The van der Waals surface area contributed by atoms with E-state index in [-0.39, 0.29) is 11.8 Å². The average Bonchev–Trinajstić information content (AvgIpc) is 3.97. The second-order valence-electron chi connectivity index (χ2n) is 15.0. The first kappa shape index (κ1) is 42.2. The van der Waals surface area contributed by atoms with Crippen molar-refractivity contribution in [1.82, 2.24) is 30.4 Å². The van der Waals surface area contributed by atoms with Crippen molar-refractivity contribution in [3.63, 3.8) is 0 Å². The number of hydrogen-bond acceptors (Lipinski definition) is 8. The lowest BCUT2D eigenvalue weighted by atomic mass is 10.00. The highest BCUT2D eigenvalue weighted by molar-refractivity contribution is 6.05. The SMILES string of the molecule is O=C(Nc1cccc(OC2=Cc3[nH]nc(/C=C/c4ccccn4)c3CC2)c1)c1ccccc1.O=C(Nc1cccc(Oc2ccc3c(/C=C/c4ccccn4)n[nH]c3c2)c1)c1ccccc1. The van der Waals surface area contributed by atoms with E-state index < -0.39 is 0 Å². The first-order chi connectivity index (χ1) is 32.5. The van der Waals surface area contributed by atoms with Crippen LogP contribution in [0.25, 0.3) is 41.3 Å². The van der Waals surface area contributed by atoms with E-state index in [4.69, 9.17) is 9.47 Å². The molecule has 4 heterocycles. The van der Waals surface area contributed by atoms with Crippen molar-refractivity contribution < 1.29 is 19.1 Å². The molecule has 66 heavy (non-hydrogen) atoms. The molecule has 0 atom stereocenters. The van der Waals surface area contributed by atoms with Crippen LogP contribution < -0.4 is 20.1 Å². The Balaban J connectivity index is 0.000000166. The van der Waals surface area contributed by atoms with Crippen LogP contribution in [-0.2, 0) is 6.42 Å². The van der Waals surface area contributed by atoms with Crippen LogP contribution in [0.2, 0.25) is 0 Å². The van der Waals surface area contributed by atoms with Gasteiger partial charge < -0.3 is 20.1 Å². The monoisotopic (exact) mass is 866 g/mol. The molecule has 2 amide bonds. The Kier molecular flexibility index (Phi) is 13.0. The van der Waals surface area contributed by atoms with E-state index in [1.54, 1.807) is 42.7 Å². The van der Waals surface area contributed by atoms with Crippen LogP contribution in [0.4, 0.5) is 11.4 Å². The summed E-state index contributed by atoms with van der Waals surface area (Å²) in [5, 5.41) is 21.8. The summed E-state index contributed by atoms with van der Waals surface area (Å²) in [6.07, 6.45) is 14.9. The summed E-state index contributed by atoms with van der Waals surface area (Å²) >= 11 is 0. The highest BCUT2D eigenvalue weighted by Gasteiger charge is 2.18. The smallest absolute Gasteiger partial charge is 0.255 e. The molecular formula is C54H42N8O4. The van der Waals surface area contributed by atoms with Gasteiger partial charge in [-0.15, -0.1) is 0 Å². The number of rotatable bonds is 12. The van der Waals surface area contributed by atoms with Gasteiger partial charge in [-0.1, -0.05) is 60.7 Å². The molecule has 0 unspecified atom stereocenters. The van der Waals surface area contributed by atoms with Gasteiger partial charge in [0.15, 0.2) is 0 Å². The zero-order chi connectivity index (χ0) is 44.9. The number of fused-ring (bicyclic) bond motifs is 2. The number of allylic oxidation sites excluding steroid dienone is 1. The lowest BCUT2D eigenvalue weighted by Gasteiger charge is -2.15. The third-order valence-electron chi connectivity index (χ3n) is 10.4. The maximum Gasteiger partial charge on any atom is 0.255 e. The second-order valence-corrected chi connectivity index (χ2v) is 15.0. The van der Waals surface area contributed by atoms with Gasteiger partial charge in [0.2, 0.25) is 0 Å². The summed E-state index contributed by atoms with van der Waals surface area (Å²) in [4.78, 5) is 33.4. The van der Waals surface area contributed by atoms with Gasteiger partial charge in [0, 0.05) is 76.5 Å². The van der Waals surface area contributed by atoms with Crippen LogP contribution in [-0.4, -0.2) is 42.2 Å². The van der Waals surface area contributed by atoms with Crippen molar-refractivity contribution in [2.45, 2.75) is 12.8 Å². The first-order valence-electron chi connectivity index (χ1n) is 21.2. The van der Waals surface area contributed by atoms with Crippen LogP contribution in [0.1, 0.15) is 61.2 Å². The van der Waals surface area contributed by atoms with Crippen LogP contribution in [0.5, 0.6) is 17.2 Å². The molecule has 12 nitrogen and oxygen atoms in total. The van der Waals surface area contributed by atoms with Gasteiger partial charge in [-0.05, 0) is 116 Å². The lowest BCUT2D eigenvalue weighted by molar-refractivity contribution is 0.101. The number of nitrogens with zero attached hydrogens (tertiary/aromatic N) is 4. The third kappa shape index (κ3) is 10.9. The van der Waals surface area contributed by atoms with E-state index in [0.717, 1.165) is 58.0 Å². The van der Waals surface area contributed by atoms with Gasteiger partial charge in [0.1, 0.15) is 23.0 Å². The summed E-state index contributed by atoms with van der Waals surface area (Å²) in [5.41, 5.74) is 9.03. The van der Waals surface area contributed by atoms with Crippen LogP contribution in [0, 0.1) is 0 Å². The maximum absolute atomic E-state index is 12.4. The van der Waals surface area contributed by atoms with Gasteiger partial charge in [-0.25, -0.2) is 0 Å². The molecule has 0 saturated carbocycles. The molecule has 0 aliphatic heterocycles. The van der Waals surface area contributed by atoms with Gasteiger partial charge in [-0.3, -0.25) is 29.8 Å². The van der Waals surface area contributed by atoms with Gasteiger partial charge >= 0.3 is 0 Å². The fourth-order valence-corrected chi connectivity index (χ4v) is 7.11. The largest absolute Gasteiger partial charge is 0.462 e. The fourth-order valence-electron chi connectivity index (χ4n) is 7.11. The first-order valence-corrected chi connectivity index (χ1v) is 21.2. The van der Waals surface area contributed by atoms with Crippen molar-refractivity contribution >= 4 is 64.5 Å². The number of benzene rings is 5. The molecule has 10 rings (SSSR count). The van der Waals surface area contributed by atoms with Crippen molar-refractivity contribution in [2.24, 2.45) is 0 Å². The molecule has 0 bridgehead atoms. The Morgan fingerprint density at radius 3 is 1.68 bits per heavy atom. The number of H-pyrrole nitrogens is 2. The molecule has 1 aliphatic carbocycles. The minimum Gasteiger partial charge on any atom is -0.462 e. The minimum absolute atomic E-state index is 0.155. The molecule has 1 aliphatic rings. The number of nitrogens with one attached hydrogen (secondary N) is 4. The molecule has 0 radical (unpaired) electrons. The summed E-state index contributed by atoms with van der Waals surface area (Å²) in [6.45, 7) is 0. The number of anilines is 2. The topological polar surface area (TPSA) is 160 Å². The number of ether oxygens (including phenoxy) is 2. The number of hydrogen-bond donors (Lipinski definition) is 4. The van der Waals surface area contributed by atoms with E-state index in [1.807, 2.05) is 164 Å². The predicted molar refractivity (Wildman–Crippen MR) is 260 cm³/mol. The number of carbonyl (C=O) groups excluding carboxylic acids is 2. The van der Waals surface area contributed by atoms with Crippen molar-refractivity contribution in [3.8, 4) is 17.2 Å². The highest BCUT2D eigenvalue weighted by atomic mass is 16.5. The molecule has 4 aromatic heterocycles. The average molecular weight is 867 g/mol. The van der Waals surface area contributed by atoms with E-state index in [9.17, 15) is 9.59 Å². The number of aromatic nitrogens is 6. The summed E-state index contributed by atoms with van der Waals surface area (Å²) in [5.74, 6) is 2.48. The molecule has 0 saturated heterocycles. The highest BCUT2D eigenvalue weighted by Crippen LogP contribution is 2.30. The van der Waals surface area contributed by atoms with Crippen LogP contribution in [0.3, 0.4) is 0 Å². The van der Waals surface area contributed by atoms with Crippen molar-refractivity contribution in [2.75, 3.05) is 10.6 Å². The number of pyridine rings is 2. The predicted octanol–water partition coefficient (Wildman–Crippen LogP) is 11.8. The fraction of sp³-hybridized carbons (Fsp3) is 0.0370. The molecule has 9 aromatic rings. The van der Waals surface area contributed by atoms with E-state index in [1.165, 1.54) is 5.56 Å². The van der Waals surface area contributed by atoms with E-state index in [2.05, 4.69) is 41.0 Å². The molecule has 4 N–H and O–H groups in total. The van der Waals surface area contributed by atoms with Crippen molar-refractivity contribution in [1.29, 1.82) is 0 Å². The molecule has 5 aromatic carbocycles. The summed E-state index contributed by atoms with van der Waals surface area (Å²) in [7, 11) is 0. The second kappa shape index (κ2) is 20.4. The zero-order valence-electron chi connectivity index (χ0n) is 35.5. The van der Waals surface area contributed by atoms with Gasteiger partial charge in [0.05, 0.1) is 34.0 Å². The molecule has 322 valence electrons. The van der Waals surface area contributed by atoms with E-state index >= 15 is 0 Å². The van der Waals surface area contributed by atoms with E-state index in [0.29, 0.717) is 39.8 Å². The molecule has 12 heteroatoms. The third-order valence-corrected chi connectivity index (χ3v) is 10.4. The van der Waals surface area contributed by atoms with Crippen molar-refractivity contribution in [3.05, 3.63) is 227 Å². The molecule has 0 spiro atoms. The lowest BCUT2D eigenvalue weighted by Crippen LogP contribution is -2.11. The molecular weight excluding hydrogens is 825 g/mol. The minimum atomic E-state index is -0.169. The maximum atomic E-state index is 12.4. The van der Waals surface area contributed by atoms with Gasteiger partial charge in [0.25, 0.3) is 11.8 Å². The molecule has 0 fully saturated rings. The number of aromatic amines is 2. The Morgan fingerprint density at radius 2 is 1.08 bits per heavy atom. The Bertz CT molecular complexity index is 3180. The Hall–Kier alpha value is -9.16. The number of amides is 2. The summed E-state index contributed by atoms with van der Waals surface area (Å²) in [6, 6.07) is 50.3. The quantitative estimate of drug-likeness (QED) is 0.0944. The van der Waals surface area contributed by atoms with Crippen LogP contribution >= 0.6 is 0 Å².